The number of carbonyl (C=O) groups is 1. The number of thioether (sulfide) groups is 1. The molecule has 3 heterocycles. The highest BCUT2D eigenvalue weighted by molar-refractivity contribution is 8.00. The molecule has 0 bridgehead atoms. The van der Waals surface area contributed by atoms with E-state index in [1.807, 2.05) is 36.6 Å². The van der Waals surface area contributed by atoms with Crippen LogP contribution in [-0.4, -0.2) is 21.1 Å². The normalized spacial score (nSPS) is 11.2. The fraction of sp³-hybridized carbons (Fsp3) is 0.263. The molecule has 9 heteroatoms. The minimum absolute atomic E-state index is 0.304. The maximum atomic E-state index is 12.9. The summed E-state index contributed by atoms with van der Waals surface area (Å²) in [5, 5.41) is 15.4. The second-order valence-corrected chi connectivity index (χ2v) is 9.30. The van der Waals surface area contributed by atoms with E-state index in [2.05, 4.69) is 27.4 Å². The van der Waals surface area contributed by atoms with E-state index in [1.54, 1.807) is 23.1 Å². The molecular weight excluding hydrogens is 412 g/mol. The van der Waals surface area contributed by atoms with Crippen molar-refractivity contribution in [2.45, 2.75) is 36.8 Å². The van der Waals surface area contributed by atoms with Gasteiger partial charge in [-0.3, -0.25) is 10.1 Å². The summed E-state index contributed by atoms with van der Waals surface area (Å²) in [4.78, 5) is 17.4. The molecule has 0 aliphatic rings. The number of rotatable bonds is 7. The minimum atomic E-state index is -0.304. The van der Waals surface area contributed by atoms with Crippen LogP contribution in [0.5, 0.6) is 0 Å². The van der Waals surface area contributed by atoms with Crippen LogP contribution in [-0.2, 0) is 12.2 Å². The Hall–Kier alpha value is -2.23. The average molecular weight is 431 g/mol. The molecule has 4 rings (SSSR count). The molecule has 0 radical (unpaired) electrons. The van der Waals surface area contributed by atoms with Crippen molar-refractivity contribution in [3.63, 3.8) is 0 Å². The van der Waals surface area contributed by atoms with Gasteiger partial charge in [0.25, 0.3) is 5.91 Å². The fourth-order valence-corrected chi connectivity index (χ4v) is 5.44. The second-order valence-electron chi connectivity index (χ2n) is 6.15. The van der Waals surface area contributed by atoms with Gasteiger partial charge in [0.15, 0.2) is 5.76 Å². The van der Waals surface area contributed by atoms with E-state index in [0.717, 1.165) is 38.8 Å². The van der Waals surface area contributed by atoms with Crippen molar-refractivity contribution in [2.24, 2.45) is 0 Å². The molecule has 0 spiro atoms. The summed E-state index contributed by atoms with van der Waals surface area (Å²) < 4.78 is 6.87. The third-order valence-electron chi connectivity index (χ3n) is 3.99. The van der Waals surface area contributed by atoms with Gasteiger partial charge in [-0.2, -0.15) is 0 Å². The molecule has 3 aromatic heterocycles. The summed E-state index contributed by atoms with van der Waals surface area (Å²) in [6.45, 7) is 4.06. The summed E-state index contributed by atoms with van der Waals surface area (Å²) >= 11 is 4.61. The number of furan rings is 1. The number of aryl methyl sites for hydroxylation is 2. The highest BCUT2D eigenvalue weighted by Crippen LogP contribution is 2.33. The molecule has 0 fully saturated rings. The van der Waals surface area contributed by atoms with Crippen molar-refractivity contribution in [1.82, 2.24) is 15.2 Å². The number of hydrogen-bond acceptors (Lipinski definition) is 8. The van der Waals surface area contributed by atoms with Gasteiger partial charge in [-0.1, -0.05) is 48.2 Å². The molecule has 0 aliphatic carbocycles. The SMILES string of the molecule is CCCc1nnc(NC(=O)c2oc3ccccc3c2CSc2nc(C)cs2)s1. The highest BCUT2D eigenvalue weighted by Gasteiger charge is 2.22. The van der Waals surface area contributed by atoms with Crippen LogP contribution in [0.2, 0.25) is 0 Å². The maximum absolute atomic E-state index is 12.9. The number of fused-ring (bicyclic) bond motifs is 1. The second kappa shape index (κ2) is 8.42. The van der Waals surface area contributed by atoms with Crippen molar-refractivity contribution in [2.75, 3.05) is 5.32 Å². The molecule has 28 heavy (non-hydrogen) atoms. The summed E-state index contributed by atoms with van der Waals surface area (Å²) in [5.74, 6) is 0.611. The summed E-state index contributed by atoms with van der Waals surface area (Å²) in [5.41, 5.74) is 2.56. The lowest BCUT2D eigenvalue weighted by atomic mass is 10.1. The van der Waals surface area contributed by atoms with E-state index < -0.39 is 0 Å². The number of benzene rings is 1. The maximum Gasteiger partial charge on any atom is 0.293 e. The van der Waals surface area contributed by atoms with E-state index >= 15 is 0 Å². The van der Waals surface area contributed by atoms with Crippen LogP contribution in [0.4, 0.5) is 5.13 Å². The first kappa shape index (κ1) is 19.1. The van der Waals surface area contributed by atoms with Gasteiger partial charge in [0.2, 0.25) is 5.13 Å². The van der Waals surface area contributed by atoms with E-state index in [9.17, 15) is 4.79 Å². The number of anilines is 1. The minimum Gasteiger partial charge on any atom is -0.451 e. The summed E-state index contributed by atoms with van der Waals surface area (Å²) in [6, 6.07) is 7.69. The Kier molecular flexibility index (Phi) is 5.74. The Morgan fingerprint density at radius 1 is 1.29 bits per heavy atom. The Morgan fingerprint density at radius 3 is 2.93 bits per heavy atom. The quantitative estimate of drug-likeness (QED) is 0.387. The van der Waals surface area contributed by atoms with Gasteiger partial charge >= 0.3 is 0 Å². The van der Waals surface area contributed by atoms with Crippen LogP contribution in [0.25, 0.3) is 11.0 Å². The van der Waals surface area contributed by atoms with Crippen molar-refractivity contribution in [1.29, 1.82) is 0 Å². The van der Waals surface area contributed by atoms with Crippen molar-refractivity contribution in [3.8, 4) is 0 Å². The lowest BCUT2D eigenvalue weighted by Crippen LogP contribution is -2.12. The Bertz CT molecular complexity index is 1120. The number of nitrogens with one attached hydrogen (secondary N) is 1. The predicted molar refractivity (Wildman–Crippen MR) is 114 cm³/mol. The molecule has 4 aromatic rings. The largest absolute Gasteiger partial charge is 0.451 e. The van der Waals surface area contributed by atoms with Crippen LogP contribution < -0.4 is 5.32 Å². The number of para-hydroxylation sites is 1. The van der Waals surface area contributed by atoms with Gasteiger partial charge in [0.1, 0.15) is 14.9 Å². The lowest BCUT2D eigenvalue weighted by Gasteiger charge is -2.02. The standard InChI is InChI=1S/C19H18N4O2S3/c1-3-6-15-22-23-18(28-15)21-17(24)16-13(10-27-19-20-11(2)9-26-19)12-7-4-5-8-14(12)25-16/h4-5,7-9H,3,6,10H2,1-2H3,(H,21,23,24). The molecule has 0 saturated heterocycles. The van der Waals surface area contributed by atoms with Gasteiger partial charge in [0.05, 0.1) is 0 Å². The molecule has 1 aromatic carbocycles. The van der Waals surface area contributed by atoms with Crippen LogP contribution in [0.3, 0.4) is 0 Å². The first-order valence-corrected chi connectivity index (χ1v) is 11.5. The first-order valence-electron chi connectivity index (χ1n) is 8.83. The van der Waals surface area contributed by atoms with Crippen molar-refractivity contribution in [3.05, 3.63) is 51.7 Å². The number of hydrogen-bond donors (Lipinski definition) is 1. The van der Waals surface area contributed by atoms with E-state index in [4.69, 9.17) is 4.42 Å². The third kappa shape index (κ3) is 4.11. The number of aromatic nitrogens is 3. The monoisotopic (exact) mass is 430 g/mol. The lowest BCUT2D eigenvalue weighted by molar-refractivity contribution is 0.0997. The Morgan fingerprint density at radius 2 is 2.14 bits per heavy atom. The average Bonchev–Trinajstić information content (AvgIpc) is 3.39. The van der Waals surface area contributed by atoms with E-state index in [-0.39, 0.29) is 5.91 Å². The molecule has 1 N–H and O–H groups in total. The first-order chi connectivity index (χ1) is 13.6. The van der Waals surface area contributed by atoms with Crippen molar-refractivity contribution < 1.29 is 9.21 Å². The molecule has 0 unspecified atom stereocenters. The predicted octanol–water partition coefficient (Wildman–Crippen LogP) is 5.55. The van der Waals surface area contributed by atoms with Crippen LogP contribution in [0.15, 0.2) is 38.4 Å². The highest BCUT2D eigenvalue weighted by atomic mass is 32.2. The Balaban J connectivity index is 1.60. The molecule has 0 atom stereocenters. The van der Waals surface area contributed by atoms with E-state index in [0.29, 0.717) is 22.2 Å². The smallest absolute Gasteiger partial charge is 0.293 e. The van der Waals surface area contributed by atoms with Crippen LogP contribution in [0, 0.1) is 6.92 Å². The zero-order valence-electron chi connectivity index (χ0n) is 15.4. The number of carbonyl (C=O) groups excluding carboxylic acids is 1. The van der Waals surface area contributed by atoms with E-state index in [1.165, 1.54) is 11.3 Å². The molecular formula is C19H18N4O2S3. The van der Waals surface area contributed by atoms with Gasteiger partial charge in [-0.25, -0.2) is 4.98 Å². The number of amides is 1. The molecule has 144 valence electrons. The Labute approximate surface area is 174 Å². The van der Waals surface area contributed by atoms with Crippen molar-refractivity contribution >= 4 is 56.4 Å². The number of thiazole rings is 1. The molecule has 0 saturated carbocycles. The number of nitrogens with zero attached hydrogens (tertiary/aromatic N) is 3. The van der Waals surface area contributed by atoms with Gasteiger partial charge in [-0.15, -0.1) is 21.5 Å². The zero-order chi connectivity index (χ0) is 19.5. The molecule has 0 aliphatic heterocycles. The van der Waals surface area contributed by atoms with Crippen LogP contribution >= 0.6 is 34.4 Å². The fourth-order valence-electron chi connectivity index (χ4n) is 2.73. The zero-order valence-corrected chi connectivity index (χ0v) is 17.8. The molecule has 6 nitrogen and oxygen atoms in total. The van der Waals surface area contributed by atoms with Gasteiger partial charge in [0, 0.05) is 34.2 Å². The topological polar surface area (TPSA) is 80.9 Å². The molecule has 1 amide bonds. The summed E-state index contributed by atoms with van der Waals surface area (Å²) in [7, 11) is 0. The third-order valence-corrected chi connectivity index (χ3v) is 7.06. The van der Waals surface area contributed by atoms with Crippen LogP contribution in [0.1, 0.15) is 40.2 Å². The van der Waals surface area contributed by atoms with Gasteiger partial charge in [-0.05, 0) is 19.4 Å². The summed E-state index contributed by atoms with van der Waals surface area (Å²) in [6.07, 6.45) is 1.84. The van der Waals surface area contributed by atoms with Gasteiger partial charge < -0.3 is 4.42 Å².